The van der Waals surface area contributed by atoms with Gasteiger partial charge in [-0.2, -0.15) is 0 Å². The van der Waals surface area contributed by atoms with Crippen LogP contribution in [0.25, 0.3) is 21.8 Å². The van der Waals surface area contributed by atoms with Gasteiger partial charge in [0.25, 0.3) is 0 Å². The predicted octanol–water partition coefficient (Wildman–Crippen LogP) is 1.03. The molecule has 0 saturated carbocycles. The normalized spacial score (nSPS) is 10.7. The number of benzene rings is 2. The van der Waals surface area contributed by atoms with Gasteiger partial charge in [-0.15, -0.1) is 0 Å². The van der Waals surface area contributed by atoms with Gasteiger partial charge in [0.05, 0.1) is 11.0 Å². The van der Waals surface area contributed by atoms with Crippen LogP contribution in [0, 0.1) is 13.8 Å². The minimum absolute atomic E-state index is 0. The fraction of sp³-hybridized carbons (Fsp3) is 0.182. The Balaban J connectivity index is 0.00000240. The molecule has 0 atom stereocenters. The van der Waals surface area contributed by atoms with Crippen molar-refractivity contribution in [2.24, 2.45) is 0 Å². The maximum absolute atomic E-state index is 6.09. The predicted molar refractivity (Wildman–Crippen MR) is 113 cm³/mol. The summed E-state index contributed by atoms with van der Waals surface area (Å²) < 4.78 is 11.6. The lowest BCUT2D eigenvalue weighted by molar-refractivity contribution is -0.00000665. The van der Waals surface area contributed by atoms with Crippen molar-refractivity contribution in [1.29, 1.82) is 0 Å². The van der Waals surface area contributed by atoms with E-state index in [-0.39, 0.29) is 12.4 Å². The second kappa shape index (κ2) is 8.41. The van der Waals surface area contributed by atoms with Gasteiger partial charge in [-0.1, -0.05) is 0 Å². The summed E-state index contributed by atoms with van der Waals surface area (Å²) in [6, 6.07) is 15.1. The third-order valence-corrected chi connectivity index (χ3v) is 4.50. The highest BCUT2D eigenvalue weighted by atomic mass is 35.5. The van der Waals surface area contributed by atoms with Crippen LogP contribution in [-0.4, -0.2) is 23.2 Å². The van der Waals surface area contributed by atoms with Crippen molar-refractivity contribution in [3.05, 3.63) is 59.9 Å². The molecule has 29 heavy (non-hydrogen) atoms. The number of anilines is 2. The third kappa shape index (κ3) is 4.43. The van der Waals surface area contributed by atoms with Gasteiger partial charge >= 0.3 is 0 Å². The summed E-state index contributed by atoms with van der Waals surface area (Å²) >= 11 is 0. The van der Waals surface area contributed by atoms with Gasteiger partial charge in [-0.05, 0) is 62.4 Å². The van der Waals surface area contributed by atoms with Gasteiger partial charge in [0.2, 0.25) is 0 Å². The Morgan fingerprint density at radius 1 is 0.690 bits per heavy atom. The number of ether oxygens (including phenoxy) is 2. The van der Waals surface area contributed by atoms with E-state index in [1.165, 1.54) is 0 Å². The Morgan fingerprint density at radius 2 is 1.10 bits per heavy atom. The molecule has 7 heteroatoms. The first-order valence-electron chi connectivity index (χ1n) is 9.09. The van der Waals surface area contributed by atoms with Crippen molar-refractivity contribution < 1.29 is 21.9 Å². The number of aryl methyl sites for hydroxylation is 2. The molecule has 4 rings (SSSR count). The van der Waals surface area contributed by atoms with E-state index in [0.29, 0.717) is 24.6 Å². The highest BCUT2D eigenvalue weighted by molar-refractivity contribution is 5.92. The van der Waals surface area contributed by atoms with E-state index < -0.39 is 0 Å². The largest absolute Gasteiger partial charge is 1.00 e. The molecule has 4 N–H and O–H groups in total. The Bertz CT molecular complexity index is 1090. The van der Waals surface area contributed by atoms with Crippen molar-refractivity contribution >= 4 is 33.2 Å². The third-order valence-electron chi connectivity index (χ3n) is 4.50. The molecule has 4 aromatic rings. The highest BCUT2D eigenvalue weighted by Gasteiger charge is 2.05. The van der Waals surface area contributed by atoms with Crippen LogP contribution in [0.3, 0.4) is 0 Å². The average Bonchev–Trinajstić information content (AvgIpc) is 2.65. The molecule has 0 fully saturated rings. The Kier molecular flexibility index (Phi) is 5.94. The number of halogens is 1. The molecule has 2 heterocycles. The maximum atomic E-state index is 6.09. The van der Waals surface area contributed by atoms with Crippen LogP contribution in [0.4, 0.5) is 11.4 Å². The van der Waals surface area contributed by atoms with E-state index in [4.69, 9.17) is 20.9 Å². The molecule has 0 aliphatic rings. The lowest BCUT2D eigenvalue weighted by Gasteiger charge is -2.11. The molecule has 150 valence electrons. The molecule has 0 bridgehead atoms. The molecule has 6 nitrogen and oxygen atoms in total. The zero-order valence-electron chi connectivity index (χ0n) is 16.3. The van der Waals surface area contributed by atoms with E-state index in [9.17, 15) is 0 Å². The molecule has 0 radical (unpaired) electrons. The Morgan fingerprint density at radius 3 is 1.52 bits per heavy atom. The van der Waals surface area contributed by atoms with Gasteiger partial charge in [-0.25, -0.2) is 0 Å². The summed E-state index contributed by atoms with van der Waals surface area (Å²) in [4.78, 5) is 8.95. The molecular formula is C22H22ClN4O2-. The van der Waals surface area contributed by atoms with E-state index in [0.717, 1.165) is 44.7 Å². The molecule has 0 unspecified atom stereocenters. The van der Waals surface area contributed by atoms with Gasteiger partial charge in [0, 0.05) is 33.5 Å². The van der Waals surface area contributed by atoms with Crippen LogP contribution < -0.4 is 33.3 Å². The summed E-state index contributed by atoms with van der Waals surface area (Å²) in [5, 5.41) is 1.77. The highest BCUT2D eigenvalue weighted by Crippen LogP contribution is 2.26. The average molecular weight is 410 g/mol. The number of nitrogen functional groups attached to an aromatic ring is 2. The Labute approximate surface area is 175 Å². The fourth-order valence-corrected chi connectivity index (χ4v) is 3.24. The lowest BCUT2D eigenvalue weighted by Crippen LogP contribution is -3.00. The first-order chi connectivity index (χ1) is 13.5. The second-order valence-electron chi connectivity index (χ2n) is 6.76. The van der Waals surface area contributed by atoms with Crippen molar-refractivity contribution in [2.45, 2.75) is 13.8 Å². The van der Waals surface area contributed by atoms with Gasteiger partial charge in [0.1, 0.15) is 24.7 Å². The summed E-state index contributed by atoms with van der Waals surface area (Å²) in [7, 11) is 0. The van der Waals surface area contributed by atoms with Crippen LogP contribution in [0.15, 0.2) is 48.5 Å². The van der Waals surface area contributed by atoms with Crippen molar-refractivity contribution in [3.8, 4) is 11.5 Å². The van der Waals surface area contributed by atoms with Crippen molar-refractivity contribution in [2.75, 3.05) is 24.7 Å². The fourth-order valence-electron chi connectivity index (χ4n) is 3.24. The maximum Gasteiger partial charge on any atom is 0.122 e. The summed E-state index contributed by atoms with van der Waals surface area (Å²) in [6.07, 6.45) is 0. The van der Waals surface area contributed by atoms with Crippen molar-refractivity contribution in [1.82, 2.24) is 9.97 Å². The molecule has 0 aliphatic carbocycles. The van der Waals surface area contributed by atoms with Crippen molar-refractivity contribution in [3.63, 3.8) is 0 Å². The number of nitrogens with two attached hydrogens (primary N) is 2. The quantitative estimate of drug-likeness (QED) is 0.478. The number of hydrogen-bond acceptors (Lipinski definition) is 6. The molecular weight excluding hydrogens is 388 g/mol. The standard InChI is InChI=1S/C22H22N4O2.ClH/c1-13-9-19(23)17-11-15(3-5-21(17)25-13)27-7-8-28-16-4-6-22-18(12-16)20(24)10-14(2)26-22;/h3-6,9-12H,7-8H2,1-2H3,(H2,23,25)(H2,24,26);1H/p-1. The minimum atomic E-state index is 0. The van der Waals surface area contributed by atoms with Gasteiger partial charge in [0.15, 0.2) is 0 Å². The Hall–Kier alpha value is -3.25. The van der Waals surface area contributed by atoms with Gasteiger partial charge < -0.3 is 33.3 Å². The van der Waals surface area contributed by atoms with Crippen LogP contribution in [-0.2, 0) is 0 Å². The first kappa shape index (κ1) is 20.5. The van der Waals surface area contributed by atoms with Crippen LogP contribution in [0.5, 0.6) is 11.5 Å². The molecule has 2 aromatic carbocycles. The first-order valence-corrected chi connectivity index (χ1v) is 9.09. The number of rotatable bonds is 5. The van der Waals surface area contributed by atoms with Gasteiger partial charge in [-0.3, -0.25) is 9.97 Å². The zero-order chi connectivity index (χ0) is 19.7. The van der Waals surface area contributed by atoms with Crippen LogP contribution in [0.1, 0.15) is 11.4 Å². The summed E-state index contributed by atoms with van der Waals surface area (Å²) in [5.74, 6) is 1.46. The molecule has 0 aliphatic heterocycles. The topological polar surface area (TPSA) is 96.3 Å². The smallest absolute Gasteiger partial charge is 0.122 e. The SMILES string of the molecule is Cc1cc(N)c2cc(OCCOc3ccc4nc(C)cc(N)c4c3)ccc2n1.[Cl-]. The second-order valence-corrected chi connectivity index (χ2v) is 6.76. The monoisotopic (exact) mass is 409 g/mol. The number of fused-ring (bicyclic) bond motifs is 2. The number of hydrogen-bond donors (Lipinski definition) is 2. The number of aromatic nitrogens is 2. The molecule has 0 spiro atoms. The van der Waals surface area contributed by atoms with Crippen LogP contribution >= 0.6 is 0 Å². The summed E-state index contributed by atoms with van der Waals surface area (Å²) in [6.45, 7) is 4.67. The zero-order valence-corrected chi connectivity index (χ0v) is 17.0. The number of pyridine rings is 2. The van der Waals surface area contributed by atoms with E-state index in [2.05, 4.69) is 9.97 Å². The van der Waals surface area contributed by atoms with E-state index in [1.807, 2.05) is 62.4 Å². The molecule has 0 saturated heterocycles. The van der Waals surface area contributed by atoms with Crippen LogP contribution in [0.2, 0.25) is 0 Å². The molecule has 2 aromatic heterocycles. The minimum Gasteiger partial charge on any atom is -1.00 e. The molecule has 0 amide bonds. The van der Waals surface area contributed by atoms with E-state index in [1.54, 1.807) is 0 Å². The van der Waals surface area contributed by atoms with E-state index >= 15 is 0 Å². The summed E-state index contributed by atoms with van der Waals surface area (Å²) in [5.41, 5.74) is 17.1. The number of nitrogens with zero attached hydrogens (tertiary/aromatic N) is 2. The lowest BCUT2D eigenvalue weighted by atomic mass is 10.1.